The minimum Gasteiger partial charge on any atom is -0.370 e. The molecule has 0 aliphatic carbocycles. The van der Waals surface area contributed by atoms with Crippen molar-refractivity contribution in [2.75, 3.05) is 11.5 Å². The Morgan fingerprint density at radius 3 is 2.40 bits per heavy atom. The van der Waals surface area contributed by atoms with Gasteiger partial charge >= 0.3 is 0 Å². The average molecular weight is 347 g/mol. The average Bonchev–Trinajstić information content (AvgIpc) is 3.32. The molecule has 4 rings (SSSR count). The Kier molecular flexibility index (Phi) is 3.44. The summed E-state index contributed by atoms with van der Waals surface area (Å²) in [6, 6.07) is 6.83. The number of fused-ring (bicyclic) bond motifs is 1. The second-order valence-electron chi connectivity index (χ2n) is 6.96. The number of hydrogen-bond donors (Lipinski definition) is 0. The summed E-state index contributed by atoms with van der Waals surface area (Å²) in [5.41, 5.74) is 0.0270. The smallest absolute Gasteiger partial charge is 0.237 e. The molecule has 1 saturated heterocycles. The van der Waals surface area contributed by atoms with Crippen molar-refractivity contribution in [3.8, 4) is 0 Å². The van der Waals surface area contributed by atoms with Gasteiger partial charge in [-0.3, -0.25) is 9.69 Å². The number of amides is 1. The van der Waals surface area contributed by atoms with E-state index in [1.807, 2.05) is 0 Å². The molecule has 2 aliphatic rings. The van der Waals surface area contributed by atoms with Crippen molar-refractivity contribution in [3.63, 3.8) is 0 Å². The number of benzene rings is 2. The maximum absolute atomic E-state index is 14.6. The summed E-state index contributed by atoms with van der Waals surface area (Å²) >= 11 is 0. The monoisotopic (exact) mass is 347 g/mol. The first-order valence-corrected chi connectivity index (χ1v) is 8.01. The van der Waals surface area contributed by atoms with Crippen molar-refractivity contribution < 1.29 is 22.7 Å². The van der Waals surface area contributed by atoms with Gasteiger partial charge in [0.2, 0.25) is 5.91 Å². The topological polar surface area (TPSA) is 32.8 Å². The third-order valence-electron chi connectivity index (χ3n) is 4.87. The molecule has 0 saturated carbocycles. The van der Waals surface area contributed by atoms with E-state index in [1.54, 1.807) is 26.0 Å². The summed E-state index contributed by atoms with van der Waals surface area (Å²) < 4.78 is 47.4. The van der Waals surface area contributed by atoms with Crippen molar-refractivity contribution in [3.05, 3.63) is 65.0 Å². The highest BCUT2D eigenvalue weighted by Gasteiger charge is 2.52. The zero-order valence-electron chi connectivity index (χ0n) is 13.7. The first-order valence-electron chi connectivity index (χ1n) is 8.01. The molecule has 0 spiro atoms. The van der Waals surface area contributed by atoms with E-state index in [1.165, 1.54) is 11.0 Å². The predicted octanol–water partition coefficient (Wildman–Crippen LogP) is 3.87. The molecular weight excluding hydrogens is 331 g/mol. The molecule has 2 aromatic rings. The molecule has 1 fully saturated rings. The Labute approximate surface area is 143 Å². The minimum atomic E-state index is -0.934. The van der Waals surface area contributed by atoms with E-state index in [-0.39, 0.29) is 17.2 Å². The fraction of sp³-hybridized carbons (Fsp3) is 0.316. The summed E-state index contributed by atoms with van der Waals surface area (Å²) in [7, 11) is 0. The Morgan fingerprint density at radius 2 is 1.80 bits per heavy atom. The molecule has 0 bridgehead atoms. The molecule has 2 aliphatic heterocycles. The van der Waals surface area contributed by atoms with Gasteiger partial charge in [0.15, 0.2) is 0 Å². The Bertz CT molecular complexity index is 857. The molecule has 6 heteroatoms. The van der Waals surface area contributed by atoms with Crippen LogP contribution in [-0.4, -0.2) is 18.6 Å². The second kappa shape index (κ2) is 5.33. The molecule has 2 aromatic carbocycles. The molecule has 3 nitrogen and oxygen atoms in total. The lowest BCUT2D eigenvalue weighted by Gasteiger charge is -2.29. The van der Waals surface area contributed by atoms with E-state index in [2.05, 4.69) is 0 Å². The first-order chi connectivity index (χ1) is 11.8. The van der Waals surface area contributed by atoms with Crippen molar-refractivity contribution in [2.24, 2.45) is 0 Å². The van der Waals surface area contributed by atoms with Crippen LogP contribution in [0.5, 0.6) is 0 Å². The molecule has 2 atom stereocenters. The van der Waals surface area contributed by atoms with E-state index >= 15 is 0 Å². The predicted molar refractivity (Wildman–Crippen MR) is 85.8 cm³/mol. The second-order valence-corrected chi connectivity index (χ2v) is 6.96. The van der Waals surface area contributed by atoms with Gasteiger partial charge in [-0.05, 0) is 43.2 Å². The Balaban J connectivity index is 1.91. The quantitative estimate of drug-likeness (QED) is 0.790. The number of carbonyl (C=O) groups excluding carboxylic acids is 1. The fourth-order valence-corrected chi connectivity index (χ4v) is 3.56. The zero-order valence-corrected chi connectivity index (χ0v) is 13.7. The third kappa shape index (κ3) is 2.43. The lowest BCUT2D eigenvalue weighted by molar-refractivity contribution is -0.122. The summed E-state index contributed by atoms with van der Waals surface area (Å²) in [6.45, 7) is 3.77. The van der Waals surface area contributed by atoms with Gasteiger partial charge in [-0.2, -0.15) is 0 Å². The van der Waals surface area contributed by atoms with Crippen LogP contribution in [-0.2, 0) is 14.9 Å². The van der Waals surface area contributed by atoms with Crippen molar-refractivity contribution >= 4 is 11.6 Å². The lowest BCUT2D eigenvalue weighted by Crippen LogP contribution is -2.41. The summed E-state index contributed by atoms with van der Waals surface area (Å²) in [4.78, 5) is 14.4. The van der Waals surface area contributed by atoms with E-state index < -0.39 is 35.0 Å². The number of halogens is 3. The number of carbonyl (C=O) groups is 1. The number of para-hydroxylation sites is 1. The number of epoxide rings is 1. The van der Waals surface area contributed by atoms with Crippen LogP contribution in [0.4, 0.5) is 18.9 Å². The van der Waals surface area contributed by atoms with Gasteiger partial charge in [0, 0.05) is 6.07 Å². The number of hydrogen-bond acceptors (Lipinski definition) is 2. The van der Waals surface area contributed by atoms with Gasteiger partial charge in [0.05, 0.1) is 23.8 Å². The van der Waals surface area contributed by atoms with Crippen LogP contribution in [0.15, 0.2) is 36.4 Å². The molecular formula is C19H16F3NO2. The Morgan fingerprint density at radius 1 is 1.16 bits per heavy atom. The first kappa shape index (κ1) is 16.1. The molecule has 0 unspecified atom stereocenters. The van der Waals surface area contributed by atoms with Crippen LogP contribution < -0.4 is 4.90 Å². The van der Waals surface area contributed by atoms with Gasteiger partial charge in [-0.15, -0.1) is 0 Å². The van der Waals surface area contributed by atoms with Crippen molar-refractivity contribution in [1.29, 1.82) is 0 Å². The van der Waals surface area contributed by atoms with Crippen LogP contribution in [0, 0.1) is 17.5 Å². The van der Waals surface area contributed by atoms with Crippen LogP contribution in [0.25, 0.3) is 0 Å². The minimum absolute atomic E-state index is 0.155. The normalized spacial score (nSPS) is 22.0. The molecule has 25 heavy (non-hydrogen) atoms. The van der Waals surface area contributed by atoms with E-state index in [0.717, 1.165) is 18.2 Å². The molecule has 130 valence electrons. The number of rotatable bonds is 3. The number of anilines is 1. The third-order valence-corrected chi connectivity index (χ3v) is 4.87. The maximum Gasteiger partial charge on any atom is 0.237 e. The highest BCUT2D eigenvalue weighted by Crippen LogP contribution is 2.49. The molecule has 0 N–H and O–H groups in total. The lowest BCUT2D eigenvalue weighted by atomic mass is 9.86. The molecule has 2 heterocycles. The van der Waals surface area contributed by atoms with E-state index in [0.29, 0.717) is 12.2 Å². The summed E-state index contributed by atoms with van der Waals surface area (Å²) in [5, 5.41) is 0. The van der Waals surface area contributed by atoms with Crippen molar-refractivity contribution in [2.45, 2.75) is 31.4 Å². The fourth-order valence-electron chi connectivity index (χ4n) is 3.56. The molecule has 0 radical (unpaired) electrons. The van der Waals surface area contributed by atoms with Crippen LogP contribution in [0.3, 0.4) is 0 Å². The summed E-state index contributed by atoms with van der Waals surface area (Å²) in [6.07, 6.45) is -0.425. The summed E-state index contributed by atoms with van der Waals surface area (Å²) in [5.74, 6) is -2.36. The van der Waals surface area contributed by atoms with Crippen LogP contribution >= 0.6 is 0 Å². The van der Waals surface area contributed by atoms with E-state index in [4.69, 9.17) is 4.74 Å². The zero-order chi connectivity index (χ0) is 17.9. The highest BCUT2D eigenvalue weighted by atomic mass is 19.1. The van der Waals surface area contributed by atoms with Gasteiger partial charge < -0.3 is 4.74 Å². The molecule has 0 aromatic heterocycles. The van der Waals surface area contributed by atoms with Crippen molar-refractivity contribution in [1.82, 2.24) is 0 Å². The van der Waals surface area contributed by atoms with Crippen LogP contribution in [0.2, 0.25) is 0 Å². The van der Waals surface area contributed by atoms with Gasteiger partial charge in [0.25, 0.3) is 0 Å². The maximum atomic E-state index is 14.6. The number of nitrogens with zero attached hydrogens (tertiary/aromatic N) is 1. The Hall–Kier alpha value is -2.34. The van der Waals surface area contributed by atoms with Gasteiger partial charge in [-0.1, -0.05) is 12.1 Å². The molecule has 1 amide bonds. The SMILES string of the molecule is CC1(C)C(=O)N([C@@H](c2cc(F)cc(F)c2)[C@H]2CO2)c2c(F)cccc21. The standard InChI is InChI=1S/C19H16F3NO2/c1-19(2)13-4-3-5-14(22)17(13)23(18(19)24)16(15-9-25-15)10-6-11(20)8-12(21)7-10/h3-8,15-16H,9H2,1-2H3/t15-,16+/m1/s1. The largest absolute Gasteiger partial charge is 0.370 e. The van der Waals surface area contributed by atoms with E-state index in [9.17, 15) is 18.0 Å². The number of ether oxygens (including phenoxy) is 1. The van der Waals surface area contributed by atoms with Gasteiger partial charge in [0.1, 0.15) is 23.6 Å². The van der Waals surface area contributed by atoms with Gasteiger partial charge in [-0.25, -0.2) is 13.2 Å². The van der Waals surface area contributed by atoms with Crippen LogP contribution in [0.1, 0.15) is 31.0 Å². The highest BCUT2D eigenvalue weighted by molar-refractivity contribution is 6.08.